The molecule has 7 rings (SSSR count). The Labute approximate surface area is 228 Å². The maximum atomic E-state index is 9.93. The summed E-state index contributed by atoms with van der Waals surface area (Å²) in [6.07, 6.45) is 3.90. The average Bonchev–Trinajstić information content (AvgIpc) is 3.30. The van der Waals surface area contributed by atoms with Crippen LogP contribution >= 0.6 is 0 Å². The van der Waals surface area contributed by atoms with Crippen LogP contribution in [0.5, 0.6) is 0 Å². The fourth-order valence-electron chi connectivity index (χ4n) is 6.85. The number of aromatic nitrogens is 3. The molecule has 39 heavy (non-hydrogen) atoms. The lowest BCUT2D eigenvalue weighted by atomic mass is 9.61. The van der Waals surface area contributed by atoms with Gasteiger partial charge in [0.15, 0.2) is 0 Å². The van der Waals surface area contributed by atoms with Gasteiger partial charge in [-0.2, -0.15) is 4.98 Å². The van der Waals surface area contributed by atoms with Crippen LogP contribution in [0.25, 0.3) is 22.0 Å². The van der Waals surface area contributed by atoms with Crippen LogP contribution in [0.4, 0.5) is 11.8 Å². The summed E-state index contributed by atoms with van der Waals surface area (Å²) in [6.45, 7) is 7.79. The molecule has 0 bridgehead atoms. The maximum absolute atomic E-state index is 9.93. The Morgan fingerprint density at radius 3 is 2.49 bits per heavy atom. The van der Waals surface area contributed by atoms with E-state index in [1.807, 2.05) is 13.8 Å². The van der Waals surface area contributed by atoms with Gasteiger partial charge in [-0.25, -0.2) is 4.98 Å². The molecule has 2 aromatic heterocycles. The Morgan fingerprint density at radius 1 is 0.974 bits per heavy atom. The lowest BCUT2D eigenvalue weighted by Crippen LogP contribution is -2.49. The van der Waals surface area contributed by atoms with Gasteiger partial charge in [0.1, 0.15) is 11.6 Å². The van der Waals surface area contributed by atoms with Gasteiger partial charge in [-0.3, -0.25) is 0 Å². The Bertz CT molecular complexity index is 1470. The minimum Gasteiger partial charge on any atom is -0.393 e. The number of hydrogen-bond acceptors (Lipinski definition) is 8. The van der Waals surface area contributed by atoms with Crippen molar-refractivity contribution in [1.29, 1.82) is 0 Å². The number of ether oxygens (including phenoxy) is 1. The van der Waals surface area contributed by atoms with Crippen molar-refractivity contribution in [3.05, 3.63) is 65.5 Å². The molecule has 3 fully saturated rings. The van der Waals surface area contributed by atoms with Crippen molar-refractivity contribution >= 4 is 22.7 Å². The first-order valence-corrected chi connectivity index (χ1v) is 14.1. The zero-order valence-electron chi connectivity index (χ0n) is 22.6. The highest BCUT2D eigenvalue weighted by molar-refractivity contribution is 5.94. The summed E-state index contributed by atoms with van der Waals surface area (Å²) >= 11 is 0. The van der Waals surface area contributed by atoms with Gasteiger partial charge < -0.3 is 24.2 Å². The molecule has 2 saturated heterocycles. The van der Waals surface area contributed by atoms with Gasteiger partial charge in [0.05, 0.1) is 36.6 Å². The van der Waals surface area contributed by atoms with Crippen LogP contribution in [-0.2, 0) is 4.74 Å². The second kappa shape index (κ2) is 9.61. The van der Waals surface area contributed by atoms with Gasteiger partial charge in [0.2, 0.25) is 5.95 Å². The number of aryl methyl sites for hydroxylation is 2. The number of hydrogen-bond donors (Lipinski definition) is 1. The fraction of sp³-hybridized carbons (Fsp3) is 0.452. The van der Waals surface area contributed by atoms with Gasteiger partial charge in [-0.15, -0.1) is 0 Å². The molecule has 0 unspecified atom stereocenters. The molecule has 2 aromatic carbocycles. The van der Waals surface area contributed by atoms with Gasteiger partial charge in [0.25, 0.3) is 0 Å². The third-order valence-corrected chi connectivity index (χ3v) is 9.01. The van der Waals surface area contributed by atoms with Crippen molar-refractivity contribution in [2.45, 2.75) is 51.7 Å². The summed E-state index contributed by atoms with van der Waals surface area (Å²) in [5.74, 6) is 2.54. The van der Waals surface area contributed by atoms with Crippen molar-refractivity contribution < 1.29 is 14.4 Å². The molecule has 4 heterocycles. The highest BCUT2D eigenvalue weighted by Crippen LogP contribution is 2.49. The van der Waals surface area contributed by atoms with Gasteiger partial charge >= 0.3 is 0 Å². The summed E-state index contributed by atoms with van der Waals surface area (Å²) in [5.41, 5.74) is 5.42. The summed E-state index contributed by atoms with van der Waals surface area (Å²) in [6, 6.07) is 17.0. The molecule has 3 aliphatic rings. The van der Waals surface area contributed by atoms with Gasteiger partial charge in [-0.1, -0.05) is 41.6 Å². The Kier molecular flexibility index (Phi) is 6.05. The van der Waals surface area contributed by atoms with E-state index in [2.05, 4.69) is 63.5 Å². The molecule has 1 N–H and O–H groups in total. The van der Waals surface area contributed by atoms with Crippen LogP contribution in [0.3, 0.4) is 0 Å². The second-order valence-electron chi connectivity index (χ2n) is 11.5. The fourth-order valence-corrected chi connectivity index (χ4v) is 6.85. The number of piperidine rings is 1. The first kappa shape index (κ1) is 24.5. The number of rotatable bonds is 4. The zero-order valence-corrected chi connectivity index (χ0v) is 22.6. The third kappa shape index (κ3) is 4.36. The molecule has 1 saturated carbocycles. The smallest absolute Gasteiger partial charge is 0.227 e. The summed E-state index contributed by atoms with van der Waals surface area (Å²) < 4.78 is 11.5. The van der Waals surface area contributed by atoms with E-state index in [4.69, 9.17) is 19.2 Å². The summed E-state index contributed by atoms with van der Waals surface area (Å²) in [5, 5.41) is 15.1. The van der Waals surface area contributed by atoms with Crippen molar-refractivity contribution in [3.63, 3.8) is 0 Å². The number of aliphatic hydroxyl groups is 1. The second-order valence-corrected chi connectivity index (χ2v) is 11.5. The maximum Gasteiger partial charge on any atom is 0.227 e. The van der Waals surface area contributed by atoms with Crippen molar-refractivity contribution in [3.8, 4) is 11.1 Å². The highest BCUT2D eigenvalue weighted by atomic mass is 16.5. The molecular weight excluding hydrogens is 490 g/mol. The minimum atomic E-state index is -0.122. The van der Waals surface area contributed by atoms with Crippen molar-refractivity contribution in [2.75, 3.05) is 42.6 Å². The summed E-state index contributed by atoms with van der Waals surface area (Å²) in [7, 11) is 0. The van der Waals surface area contributed by atoms with Crippen LogP contribution < -0.4 is 9.80 Å². The molecule has 8 nitrogen and oxygen atoms in total. The normalized spacial score (nSPS) is 21.5. The van der Waals surface area contributed by atoms with E-state index in [9.17, 15) is 5.11 Å². The van der Waals surface area contributed by atoms with E-state index in [-0.39, 0.29) is 12.1 Å². The van der Waals surface area contributed by atoms with Gasteiger partial charge in [-0.05, 0) is 68.2 Å². The van der Waals surface area contributed by atoms with E-state index in [0.29, 0.717) is 18.6 Å². The SMILES string of the molecule is Cc1noc(C)c1-c1ccc2nc(N3CCC4(CC3)CC(O)C4)nc(N3CCOC[C@@H]3c3ccccc3)c2c1. The molecule has 1 atom stereocenters. The Morgan fingerprint density at radius 2 is 1.77 bits per heavy atom. The van der Waals surface area contributed by atoms with Crippen LogP contribution in [0.2, 0.25) is 0 Å². The monoisotopic (exact) mass is 525 g/mol. The molecule has 8 heteroatoms. The number of anilines is 2. The molecule has 1 aliphatic carbocycles. The van der Waals surface area contributed by atoms with Crippen LogP contribution in [0.1, 0.15) is 48.7 Å². The molecule has 2 aliphatic heterocycles. The largest absolute Gasteiger partial charge is 0.393 e. The van der Waals surface area contributed by atoms with Crippen molar-refractivity contribution in [1.82, 2.24) is 15.1 Å². The first-order valence-electron chi connectivity index (χ1n) is 14.1. The highest BCUT2D eigenvalue weighted by Gasteiger charge is 2.45. The van der Waals surface area contributed by atoms with Crippen molar-refractivity contribution in [2.24, 2.45) is 5.41 Å². The number of nitrogens with zero attached hydrogens (tertiary/aromatic N) is 5. The molecule has 202 valence electrons. The van der Waals surface area contributed by atoms with Crippen LogP contribution in [0.15, 0.2) is 53.1 Å². The Balaban J connectivity index is 1.33. The number of morpholine rings is 1. The standard InChI is InChI=1S/C31H35N5O3/c1-20-28(21(2)39-34-20)23-8-9-26-25(16-23)29(36-14-15-38-19-27(36)22-6-4-3-5-7-22)33-30(32-26)35-12-10-31(11-13-35)17-24(37)18-31/h3-9,16,24,27,37H,10-15,17-19H2,1-2H3/t27-/m1/s1. The van der Waals surface area contributed by atoms with Crippen LogP contribution in [0, 0.1) is 19.3 Å². The van der Waals surface area contributed by atoms with E-state index < -0.39 is 0 Å². The predicted octanol–water partition coefficient (Wildman–Crippen LogP) is 5.22. The quantitative estimate of drug-likeness (QED) is 0.388. The molecule has 0 radical (unpaired) electrons. The van der Waals surface area contributed by atoms with Gasteiger partial charge in [0, 0.05) is 30.6 Å². The molecule has 4 aromatic rings. The molecule has 0 amide bonds. The molecule has 1 spiro atoms. The molecular formula is C31H35N5O3. The summed E-state index contributed by atoms with van der Waals surface area (Å²) in [4.78, 5) is 15.1. The first-order chi connectivity index (χ1) is 19.0. The number of benzene rings is 2. The zero-order chi connectivity index (χ0) is 26.6. The van der Waals surface area contributed by atoms with E-state index in [1.165, 1.54) is 5.56 Å². The number of fused-ring (bicyclic) bond motifs is 1. The van der Waals surface area contributed by atoms with Crippen LogP contribution in [-0.4, -0.2) is 59.2 Å². The average molecular weight is 526 g/mol. The number of aliphatic hydroxyl groups excluding tert-OH is 1. The third-order valence-electron chi connectivity index (χ3n) is 9.01. The lowest BCUT2D eigenvalue weighted by Gasteiger charge is -2.50. The van der Waals surface area contributed by atoms with E-state index in [1.54, 1.807) is 0 Å². The Hall–Kier alpha value is -3.49. The predicted molar refractivity (Wildman–Crippen MR) is 151 cm³/mol. The minimum absolute atomic E-state index is 0.0645. The lowest BCUT2D eigenvalue weighted by molar-refractivity contribution is -0.0465. The van der Waals surface area contributed by atoms with E-state index in [0.717, 1.165) is 90.6 Å². The topological polar surface area (TPSA) is 87.8 Å². The van der Waals surface area contributed by atoms with E-state index >= 15 is 0 Å².